The van der Waals surface area contributed by atoms with E-state index < -0.39 is 0 Å². The lowest BCUT2D eigenvalue weighted by Gasteiger charge is -2.17. The Bertz CT molecular complexity index is 391. The lowest BCUT2D eigenvalue weighted by atomic mass is 9.89. The third kappa shape index (κ3) is 9.28. The van der Waals surface area contributed by atoms with Crippen LogP contribution >= 0.6 is 0 Å². The van der Waals surface area contributed by atoms with Crippen molar-refractivity contribution in [3.63, 3.8) is 0 Å². The van der Waals surface area contributed by atoms with Crippen molar-refractivity contribution in [3.05, 3.63) is 34.9 Å². The van der Waals surface area contributed by atoms with E-state index in [0.717, 1.165) is 11.8 Å². The molecule has 0 N–H and O–H groups in total. The lowest BCUT2D eigenvalue weighted by molar-refractivity contribution is 0.368. The molecule has 0 aliphatic rings. The topological polar surface area (TPSA) is 0 Å². The average Bonchev–Trinajstić information content (AvgIpc) is 2.51. The van der Waals surface area contributed by atoms with Crippen LogP contribution in [0.1, 0.15) is 94.1 Å². The maximum Gasteiger partial charge on any atom is 0 e. The van der Waals surface area contributed by atoms with Crippen LogP contribution in [-0.2, 0) is 6.42 Å². The first-order valence-corrected chi connectivity index (χ1v) is 9.59. The monoisotopic (exact) mass is 310 g/mol. The molecule has 0 bridgehead atoms. The van der Waals surface area contributed by atoms with Gasteiger partial charge in [0, 0.05) is 4.28 Å². The maximum absolute atomic E-state index is 2.43. The Labute approximate surface area is 145 Å². The van der Waals surface area contributed by atoms with Gasteiger partial charge in [-0.15, -0.1) is 0 Å². The number of aryl methyl sites for hydroxylation is 3. The normalized spacial score (nSPS) is 13.2. The minimum absolute atomic E-state index is 0. The summed E-state index contributed by atoms with van der Waals surface area (Å²) in [5, 5.41) is 0. The highest BCUT2D eigenvalue weighted by Gasteiger charge is 2.09. The van der Waals surface area contributed by atoms with Crippen LogP contribution in [0.5, 0.6) is 0 Å². The molecule has 134 valence electrons. The molecule has 0 amide bonds. The van der Waals surface area contributed by atoms with Crippen molar-refractivity contribution >= 4 is 0 Å². The molecule has 0 fully saturated rings. The van der Waals surface area contributed by atoms with Crippen molar-refractivity contribution in [3.8, 4) is 0 Å². The van der Waals surface area contributed by atoms with Crippen molar-refractivity contribution in [1.29, 1.82) is 0 Å². The molecule has 0 nitrogen and oxygen atoms in total. The van der Waals surface area contributed by atoms with Gasteiger partial charge in [-0.2, -0.15) is 0 Å². The van der Waals surface area contributed by atoms with Crippen LogP contribution in [0.15, 0.2) is 18.2 Å². The molecule has 2 unspecified atom stereocenters. The van der Waals surface area contributed by atoms with Crippen molar-refractivity contribution in [2.75, 3.05) is 0 Å². The summed E-state index contributed by atoms with van der Waals surface area (Å²) in [6.45, 7) is 15.6. The maximum atomic E-state index is 2.43. The van der Waals surface area contributed by atoms with Crippen molar-refractivity contribution in [2.45, 2.75) is 93.4 Å². The number of hydrogen-bond donors (Lipinski definition) is 0. The zero-order valence-electron chi connectivity index (χ0n) is 16.3. The van der Waals surface area contributed by atoms with Gasteiger partial charge in [-0.3, -0.25) is 0 Å². The summed E-state index contributed by atoms with van der Waals surface area (Å²) in [6, 6.07) is 6.94. The molecule has 1 rings (SSSR count). The molecule has 0 aliphatic carbocycles. The Kier molecular flexibility index (Phi) is 12.3. The summed E-state index contributed by atoms with van der Waals surface area (Å²) >= 11 is 0. The van der Waals surface area contributed by atoms with Crippen LogP contribution < -0.4 is 0 Å². The fraction of sp³-hybridized carbons (Fsp3) is 0.727. The molecule has 0 aromatic heterocycles. The zero-order chi connectivity index (χ0) is 17.0. The summed E-state index contributed by atoms with van der Waals surface area (Å²) in [6.07, 6.45) is 9.55. The van der Waals surface area contributed by atoms with Crippen LogP contribution in [0.25, 0.3) is 0 Å². The van der Waals surface area contributed by atoms with Gasteiger partial charge < -0.3 is 0 Å². The summed E-state index contributed by atoms with van der Waals surface area (Å²) < 4.78 is 0. The van der Waals surface area contributed by atoms with E-state index in [1.54, 1.807) is 0 Å². The van der Waals surface area contributed by atoms with Gasteiger partial charge in [0.25, 0.3) is 0 Å². The Morgan fingerprint density at radius 1 is 0.909 bits per heavy atom. The van der Waals surface area contributed by atoms with Crippen LogP contribution in [0, 0.1) is 25.7 Å². The second kappa shape index (κ2) is 12.7. The van der Waals surface area contributed by atoms with Crippen molar-refractivity contribution in [1.82, 2.24) is 0 Å². The highest BCUT2D eigenvalue weighted by Crippen LogP contribution is 2.22. The van der Waals surface area contributed by atoms with Gasteiger partial charge in [0.2, 0.25) is 0 Å². The van der Waals surface area contributed by atoms with E-state index in [0.29, 0.717) is 0 Å². The summed E-state index contributed by atoms with van der Waals surface area (Å²) in [7, 11) is 0. The van der Waals surface area contributed by atoms with Gasteiger partial charge in [-0.1, -0.05) is 78.5 Å². The summed E-state index contributed by atoms with van der Waals surface area (Å²) in [5.74, 6) is 1.75. The fourth-order valence-corrected chi connectivity index (χ4v) is 3.04. The van der Waals surface area contributed by atoms with Crippen LogP contribution in [0.2, 0.25) is 0 Å². The molecule has 0 radical (unpaired) electrons. The van der Waals surface area contributed by atoms with Crippen LogP contribution in [-0.4, -0.2) is 0 Å². The SMILES string of the molecule is CC.CCCCCC(C)CC(C)CCc1ccc(C)c(C)c1.[HH].[HH].[HH]. The van der Waals surface area contributed by atoms with E-state index in [-0.39, 0.29) is 4.28 Å². The molecule has 1 aromatic carbocycles. The van der Waals surface area contributed by atoms with E-state index in [1.807, 2.05) is 13.8 Å². The van der Waals surface area contributed by atoms with Crippen molar-refractivity contribution in [2.24, 2.45) is 11.8 Å². The first-order valence-electron chi connectivity index (χ1n) is 9.59. The van der Waals surface area contributed by atoms with E-state index in [2.05, 4.69) is 52.8 Å². The van der Waals surface area contributed by atoms with Gasteiger partial charge in [0.05, 0.1) is 0 Å². The highest BCUT2D eigenvalue weighted by atomic mass is 14.1. The summed E-state index contributed by atoms with van der Waals surface area (Å²) in [4.78, 5) is 0. The Hall–Kier alpha value is -0.780. The molecular weight excluding hydrogens is 264 g/mol. The molecule has 0 heteroatoms. The first-order chi connectivity index (χ1) is 10.5. The predicted molar refractivity (Wildman–Crippen MR) is 109 cm³/mol. The fourth-order valence-electron chi connectivity index (χ4n) is 3.04. The van der Waals surface area contributed by atoms with E-state index in [9.17, 15) is 0 Å². The standard InChI is InChI=1S/C20H34.C2H6.3H2/c1-6-7-8-9-16(2)14-17(3)10-12-20-13-11-18(4)19(5)15-20;1-2;;;/h11,13,15-17H,6-10,12,14H2,1-5H3;1-2H3;3*1H. The van der Waals surface area contributed by atoms with E-state index >= 15 is 0 Å². The third-order valence-corrected chi connectivity index (χ3v) is 4.60. The number of benzene rings is 1. The van der Waals surface area contributed by atoms with Gasteiger partial charge in [0.15, 0.2) is 0 Å². The molecule has 2 atom stereocenters. The minimum Gasteiger partial charge on any atom is -0.0683 e. The third-order valence-electron chi connectivity index (χ3n) is 4.60. The molecular formula is C22H46. The quantitative estimate of drug-likeness (QED) is 0.403. The van der Waals surface area contributed by atoms with E-state index in [1.165, 1.54) is 61.6 Å². The highest BCUT2D eigenvalue weighted by molar-refractivity contribution is 5.29. The van der Waals surface area contributed by atoms with Crippen LogP contribution in [0.4, 0.5) is 0 Å². The average molecular weight is 311 g/mol. The van der Waals surface area contributed by atoms with Crippen LogP contribution in [0.3, 0.4) is 0 Å². The smallest absolute Gasteiger partial charge is 0 e. The van der Waals surface area contributed by atoms with Gasteiger partial charge >= 0.3 is 0 Å². The number of unbranched alkanes of at least 4 members (excludes halogenated alkanes) is 2. The Morgan fingerprint density at radius 3 is 2.14 bits per heavy atom. The molecule has 0 heterocycles. The van der Waals surface area contributed by atoms with Gasteiger partial charge in [-0.05, 0) is 61.6 Å². The number of rotatable bonds is 9. The Morgan fingerprint density at radius 2 is 1.55 bits per heavy atom. The van der Waals surface area contributed by atoms with E-state index in [4.69, 9.17) is 0 Å². The van der Waals surface area contributed by atoms with Crippen molar-refractivity contribution < 1.29 is 4.28 Å². The van der Waals surface area contributed by atoms with Gasteiger partial charge in [-0.25, -0.2) is 0 Å². The first kappa shape index (κ1) is 21.2. The number of hydrogen-bond acceptors (Lipinski definition) is 0. The van der Waals surface area contributed by atoms with Gasteiger partial charge in [0.1, 0.15) is 0 Å². The second-order valence-corrected chi connectivity index (χ2v) is 6.90. The predicted octanol–water partition coefficient (Wildman–Crippen LogP) is 8.24. The molecule has 0 saturated heterocycles. The minimum atomic E-state index is 0. The molecule has 22 heavy (non-hydrogen) atoms. The Balaban J connectivity index is -0.000000425. The lowest BCUT2D eigenvalue weighted by Crippen LogP contribution is -2.05. The molecule has 0 aliphatic heterocycles. The second-order valence-electron chi connectivity index (χ2n) is 6.90. The molecule has 0 spiro atoms. The zero-order valence-corrected chi connectivity index (χ0v) is 16.3. The molecule has 1 aromatic rings. The molecule has 0 saturated carbocycles. The largest absolute Gasteiger partial charge is 0.0683 e. The summed E-state index contributed by atoms with van der Waals surface area (Å²) in [5.41, 5.74) is 4.35.